The van der Waals surface area contributed by atoms with Crippen LogP contribution >= 0.6 is 0 Å². The third kappa shape index (κ3) is 4.24. The fourth-order valence-electron chi connectivity index (χ4n) is 4.30. The Hall–Kier alpha value is -1.81. The summed E-state index contributed by atoms with van der Waals surface area (Å²) in [7, 11) is 3.76. The number of hydrogen-bond donors (Lipinski definition) is 1. The number of aryl methyl sites for hydroxylation is 1. The lowest BCUT2D eigenvalue weighted by atomic mass is 9.75. The van der Waals surface area contributed by atoms with E-state index in [0.717, 1.165) is 0 Å². The van der Waals surface area contributed by atoms with E-state index in [-0.39, 0.29) is 5.91 Å². The number of rotatable bonds is 7. The summed E-state index contributed by atoms with van der Waals surface area (Å²) in [5, 5.41) is 4.30. The molecular weight excluding hydrogens is 312 g/mol. The van der Waals surface area contributed by atoms with Crippen LogP contribution in [0.25, 0.3) is 10.9 Å². The molecule has 1 N–H and O–H groups in total. The monoisotopic (exact) mass is 342 g/mol. The largest absolute Gasteiger partial charge is 0.383 e. The second-order valence-electron chi connectivity index (χ2n) is 7.26. The number of carbonyl (C=O) groups excluding carboxylic acids is 1. The van der Waals surface area contributed by atoms with Gasteiger partial charge in [0.2, 0.25) is 5.91 Å². The zero-order chi connectivity index (χ0) is 17.6. The fourth-order valence-corrected chi connectivity index (χ4v) is 4.30. The van der Waals surface area contributed by atoms with Gasteiger partial charge < -0.3 is 14.6 Å². The number of carbonyl (C=O) groups is 1. The zero-order valence-electron chi connectivity index (χ0n) is 15.5. The van der Waals surface area contributed by atoms with Crippen molar-refractivity contribution in [2.45, 2.75) is 44.4 Å². The van der Waals surface area contributed by atoms with E-state index in [9.17, 15) is 4.79 Å². The van der Waals surface area contributed by atoms with Gasteiger partial charge in [0.25, 0.3) is 0 Å². The molecule has 1 saturated carbocycles. The van der Waals surface area contributed by atoms with E-state index in [2.05, 4.69) is 47.4 Å². The summed E-state index contributed by atoms with van der Waals surface area (Å²) in [5.74, 6) is 1.04. The molecule has 1 unspecified atom stereocenters. The van der Waals surface area contributed by atoms with Gasteiger partial charge in [-0.25, -0.2) is 0 Å². The molecule has 1 amide bonds. The van der Waals surface area contributed by atoms with Crippen LogP contribution in [0, 0.1) is 5.92 Å². The minimum Gasteiger partial charge on any atom is -0.383 e. The number of amides is 1. The van der Waals surface area contributed by atoms with E-state index in [0.29, 0.717) is 31.4 Å². The number of nitrogens with zero attached hydrogens (tertiary/aromatic N) is 1. The number of nitrogens with one attached hydrogen (secondary N) is 1. The van der Waals surface area contributed by atoms with Gasteiger partial charge in [-0.1, -0.05) is 37.5 Å². The van der Waals surface area contributed by atoms with E-state index in [1.165, 1.54) is 48.6 Å². The molecule has 1 fully saturated rings. The predicted molar refractivity (Wildman–Crippen MR) is 102 cm³/mol. The molecule has 2 aromatic rings. The first-order valence-corrected chi connectivity index (χ1v) is 9.50. The van der Waals surface area contributed by atoms with E-state index < -0.39 is 0 Å². The predicted octanol–water partition coefficient (Wildman–Crippen LogP) is 3.99. The minimum atomic E-state index is 0.139. The van der Waals surface area contributed by atoms with Gasteiger partial charge in [0, 0.05) is 44.2 Å². The Kier molecular flexibility index (Phi) is 6.14. The second kappa shape index (κ2) is 8.52. The zero-order valence-corrected chi connectivity index (χ0v) is 15.5. The summed E-state index contributed by atoms with van der Waals surface area (Å²) >= 11 is 0. The van der Waals surface area contributed by atoms with Gasteiger partial charge in [-0.3, -0.25) is 4.79 Å². The van der Waals surface area contributed by atoms with Crippen molar-refractivity contribution < 1.29 is 9.53 Å². The lowest BCUT2D eigenvalue weighted by Gasteiger charge is -2.30. The maximum atomic E-state index is 12.5. The van der Waals surface area contributed by atoms with E-state index in [1.807, 2.05) is 0 Å². The van der Waals surface area contributed by atoms with Gasteiger partial charge in [-0.05, 0) is 36.3 Å². The molecule has 0 aliphatic heterocycles. The van der Waals surface area contributed by atoms with Crippen LogP contribution in [0.1, 0.15) is 50.0 Å². The summed E-state index contributed by atoms with van der Waals surface area (Å²) in [6.07, 6.45) is 9.19. The lowest BCUT2D eigenvalue weighted by molar-refractivity contribution is -0.122. The number of methoxy groups -OCH3 is 1. The average Bonchev–Trinajstić information content (AvgIpc) is 2.98. The maximum absolute atomic E-state index is 12.5. The molecule has 0 saturated heterocycles. The average molecular weight is 342 g/mol. The van der Waals surface area contributed by atoms with Crippen LogP contribution in [0.2, 0.25) is 0 Å². The molecular formula is C21H30N2O2. The Morgan fingerprint density at radius 1 is 1.28 bits per heavy atom. The highest BCUT2D eigenvalue weighted by Crippen LogP contribution is 2.41. The van der Waals surface area contributed by atoms with E-state index in [1.54, 1.807) is 7.11 Å². The molecule has 1 heterocycles. The van der Waals surface area contributed by atoms with Crippen LogP contribution in [-0.4, -0.2) is 30.7 Å². The summed E-state index contributed by atoms with van der Waals surface area (Å²) in [5.41, 5.74) is 2.59. The first-order valence-electron chi connectivity index (χ1n) is 9.50. The smallest absolute Gasteiger partial charge is 0.220 e. The Morgan fingerprint density at radius 3 is 2.80 bits per heavy atom. The Bertz CT molecular complexity index is 701. The number of benzene rings is 1. The quantitative estimate of drug-likeness (QED) is 0.773. The molecule has 4 heteroatoms. The molecule has 25 heavy (non-hydrogen) atoms. The van der Waals surface area contributed by atoms with Crippen LogP contribution < -0.4 is 5.32 Å². The van der Waals surface area contributed by atoms with Crippen molar-refractivity contribution in [2.75, 3.05) is 20.3 Å². The van der Waals surface area contributed by atoms with Gasteiger partial charge in [-0.15, -0.1) is 0 Å². The Labute approximate surface area is 150 Å². The Morgan fingerprint density at radius 2 is 2.04 bits per heavy atom. The van der Waals surface area contributed by atoms with Crippen LogP contribution in [0.4, 0.5) is 0 Å². The molecule has 4 nitrogen and oxygen atoms in total. The molecule has 1 aliphatic carbocycles. The lowest BCUT2D eigenvalue weighted by Crippen LogP contribution is -2.30. The first-order chi connectivity index (χ1) is 12.2. The molecule has 1 aromatic carbocycles. The number of hydrogen-bond acceptors (Lipinski definition) is 2. The number of para-hydroxylation sites is 1. The highest BCUT2D eigenvalue weighted by atomic mass is 16.5. The number of fused-ring (bicyclic) bond motifs is 1. The molecule has 136 valence electrons. The highest BCUT2D eigenvalue weighted by Gasteiger charge is 2.29. The van der Waals surface area contributed by atoms with Crippen molar-refractivity contribution in [3.8, 4) is 0 Å². The van der Waals surface area contributed by atoms with E-state index in [4.69, 9.17) is 4.74 Å². The SMILES string of the molecule is COCCNC(=O)CC(c1cn(C)c2ccccc12)C1CCCCC1. The molecule has 1 aromatic heterocycles. The fraction of sp³-hybridized carbons (Fsp3) is 0.571. The van der Waals surface area contributed by atoms with Crippen molar-refractivity contribution in [3.05, 3.63) is 36.0 Å². The summed E-state index contributed by atoms with van der Waals surface area (Å²) < 4.78 is 7.24. The number of ether oxygens (including phenoxy) is 1. The maximum Gasteiger partial charge on any atom is 0.220 e. The van der Waals surface area contributed by atoms with Crippen molar-refractivity contribution in [1.29, 1.82) is 0 Å². The molecule has 1 atom stereocenters. The van der Waals surface area contributed by atoms with Gasteiger partial charge in [0.15, 0.2) is 0 Å². The summed E-state index contributed by atoms with van der Waals surface area (Å²) in [6, 6.07) is 8.54. The standard InChI is InChI=1S/C21H30N2O2/c1-23-15-19(17-10-6-7-11-20(17)23)18(16-8-4-3-5-9-16)14-21(24)22-12-13-25-2/h6-7,10-11,15-16,18H,3-5,8-9,12-14H2,1-2H3,(H,22,24). The van der Waals surface area contributed by atoms with E-state index >= 15 is 0 Å². The summed E-state index contributed by atoms with van der Waals surface area (Å²) in [6.45, 7) is 1.15. The van der Waals surface area contributed by atoms with Crippen molar-refractivity contribution in [3.63, 3.8) is 0 Å². The van der Waals surface area contributed by atoms with Crippen molar-refractivity contribution >= 4 is 16.8 Å². The summed E-state index contributed by atoms with van der Waals surface area (Å²) in [4.78, 5) is 12.5. The van der Waals surface area contributed by atoms with Gasteiger partial charge in [0.05, 0.1) is 6.61 Å². The third-order valence-corrected chi connectivity index (χ3v) is 5.58. The van der Waals surface area contributed by atoms with Crippen molar-refractivity contribution in [1.82, 2.24) is 9.88 Å². The normalized spacial score (nSPS) is 16.9. The molecule has 0 spiro atoms. The van der Waals surface area contributed by atoms with Crippen LogP contribution in [0.15, 0.2) is 30.5 Å². The topological polar surface area (TPSA) is 43.3 Å². The van der Waals surface area contributed by atoms with Crippen LogP contribution in [-0.2, 0) is 16.6 Å². The molecule has 0 bridgehead atoms. The first kappa shape index (κ1) is 18.0. The Balaban J connectivity index is 1.86. The van der Waals surface area contributed by atoms with Crippen LogP contribution in [0.5, 0.6) is 0 Å². The minimum absolute atomic E-state index is 0.139. The van der Waals surface area contributed by atoms with Gasteiger partial charge in [-0.2, -0.15) is 0 Å². The molecule has 0 radical (unpaired) electrons. The molecule has 1 aliphatic rings. The third-order valence-electron chi connectivity index (χ3n) is 5.58. The van der Waals surface area contributed by atoms with Gasteiger partial charge >= 0.3 is 0 Å². The second-order valence-corrected chi connectivity index (χ2v) is 7.26. The highest BCUT2D eigenvalue weighted by molar-refractivity contribution is 5.86. The van der Waals surface area contributed by atoms with Crippen molar-refractivity contribution in [2.24, 2.45) is 13.0 Å². The van der Waals surface area contributed by atoms with Gasteiger partial charge in [0.1, 0.15) is 0 Å². The molecule has 3 rings (SSSR count). The number of aromatic nitrogens is 1. The van der Waals surface area contributed by atoms with Crippen LogP contribution in [0.3, 0.4) is 0 Å².